The Balaban J connectivity index is 2.10. The van der Waals surface area contributed by atoms with Gasteiger partial charge < -0.3 is 29.1 Å². The molecule has 0 radical (unpaired) electrons. The number of carbonyl (C=O) groups excluding carboxylic acids is 2. The lowest BCUT2D eigenvalue weighted by atomic mass is 10.1. The maximum Gasteiger partial charge on any atom is 0.341 e. The molecule has 2 saturated heterocycles. The minimum absolute atomic E-state index is 0.245. The Hall–Kier alpha value is -1.68. The largest absolute Gasteiger partial charge is 0.465 e. The van der Waals surface area contributed by atoms with Crippen LogP contribution in [0.1, 0.15) is 20.7 Å². The van der Waals surface area contributed by atoms with E-state index in [-0.39, 0.29) is 11.1 Å². The molecule has 9 heteroatoms. The molecular formula is C16H22N2O6S. The third-order valence-electron chi connectivity index (χ3n) is 4.28. The van der Waals surface area contributed by atoms with Gasteiger partial charge in [-0.25, -0.2) is 4.79 Å². The number of ketones is 1. The standard InChI is InChI=1S/C16H22N2O6S/c1-22-16(21)13-12(11(20)10-19)14(17-2-6-23-7-3-17)25-15(13)18-4-8-24-9-5-18/h19H,2-10H2,1H3. The second-order valence-electron chi connectivity index (χ2n) is 5.73. The Labute approximate surface area is 149 Å². The van der Waals surface area contributed by atoms with Crippen molar-refractivity contribution < 1.29 is 28.9 Å². The van der Waals surface area contributed by atoms with Crippen molar-refractivity contribution in [1.29, 1.82) is 0 Å². The van der Waals surface area contributed by atoms with Crippen LogP contribution in [0.2, 0.25) is 0 Å². The van der Waals surface area contributed by atoms with Crippen LogP contribution >= 0.6 is 11.3 Å². The van der Waals surface area contributed by atoms with Crippen LogP contribution < -0.4 is 9.80 Å². The van der Waals surface area contributed by atoms with E-state index in [1.165, 1.54) is 18.4 Å². The molecule has 0 atom stereocenters. The van der Waals surface area contributed by atoms with E-state index >= 15 is 0 Å². The van der Waals surface area contributed by atoms with E-state index in [1.807, 2.05) is 9.80 Å². The molecule has 2 aliphatic heterocycles. The number of morpholine rings is 2. The monoisotopic (exact) mass is 370 g/mol. The molecule has 3 heterocycles. The van der Waals surface area contributed by atoms with Gasteiger partial charge in [0.1, 0.15) is 22.2 Å². The third-order valence-corrected chi connectivity index (χ3v) is 5.59. The fraction of sp³-hybridized carbons (Fsp3) is 0.625. The number of thiophene rings is 1. The molecule has 1 aromatic rings. The zero-order chi connectivity index (χ0) is 17.8. The summed E-state index contributed by atoms with van der Waals surface area (Å²) in [5.74, 6) is -1.04. The number of carbonyl (C=O) groups is 2. The zero-order valence-electron chi connectivity index (χ0n) is 14.2. The molecule has 1 N–H and O–H groups in total. The number of nitrogens with zero attached hydrogens (tertiary/aromatic N) is 2. The lowest BCUT2D eigenvalue weighted by molar-refractivity contribution is 0.0596. The van der Waals surface area contributed by atoms with Gasteiger partial charge in [-0.2, -0.15) is 0 Å². The highest BCUT2D eigenvalue weighted by Gasteiger charge is 2.34. The molecule has 8 nitrogen and oxygen atoms in total. The Morgan fingerprint density at radius 2 is 1.48 bits per heavy atom. The summed E-state index contributed by atoms with van der Waals surface area (Å²) in [6.45, 7) is 4.14. The molecule has 3 rings (SSSR count). The fourth-order valence-electron chi connectivity index (χ4n) is 3.01. The Kier molecular flexibility index (Phi) is 5.89. The van der Waals surface area contributed by atoms with Crippen molar-refractivity contribution in [2.75, 3.05) is 76.1 Å². The number of rotatable bonds is 5. The van der Waals surface area contributed by atoms with E-state index in [2.05, 4.69) is 0 Å². The smallest absolute Gasteiger partial charge is 0.341 e. The SMILES string of the molecule is COC(=O)c1c(N2CCOCC2)sc(N2CCOCC2)c1C(=O)CO. The summed E-state index contributed by atoms with van der Waals surface area (Å²) in [5.41, 5.74) is 0.498. The molecule has 0 aliphatic carbocycles. The average molecular weight is 370 g/mol. The van der Waals surface area contributed by atoms with Crippen molar-refractivity contribution in [2.24, 2.45) is 0 Å². The van der Waals surface area contributed by atoms with Crippen molar-refractivity contribution in [1.82, 2.24) is 0 Å². The molecule has 25 heavy (non-hydrogen) atoms. The van der Waals surface area contributed by atoms with Gasteiger partial charge in [0.2, 0.25) is 0 Å². The van der Waals surface area contributed by atoms with Crippen LogP contribution in [-0.4, -0.2) is 83.2 Å². The average Bonchev–Trinajstić information content (AvgIpc) is 3.08. The summed E-state index contributed by atoms with van der Waals surface area (Å²) in [7, 11) is 1.30. The number of Topliss-reactive ketones (excluding diaryl/α,β-unsaturated/α-hetero) is 1. The van der Waals surface area contributed by atoms with Crippen molar-refractivity contribution in [3.05, 3.63) is 11.1 Å². The minimum Gasteiger partial charge on any atom is -0.465 e. The maximum absolute atomic E-state index is 12.5. The van der Waals surface area contributed by atoms with E-state index in [4.69, 9.17) is 14.2 Å². The van der Waals surface area contributed by atoms with Crippen LogP contribution in [0.5, 0.6) is 0 Å². The fourth-order valence-corrected chi connectivity index (χ4v) is 4.43. The summed E-state index contributed by atoms with van der Waals surface area (Å²) in [4.78, 5) is 29.0. The Morgan fingerprint density at radius 1 is 1.00 bits per heavy atom. The summed E-state index contributed by atoms with van der Waals surface area (Å²) >= 11 is 1.39. The molecule has 1 aromatic heterocycles. The van der Waals surface area contributed by atoms with Crippen LogP contribution in [0, 0.1) is 0 Å². The highest BCUT2D eigenvalue weighted by Crippen LogP contribution is 2.43. The number of aliphatic hydroxyl groups excluding tert-OH is 1. The lowest BCUT2D eigenvalue weighted by Crippen LogP contribution is -2.36. The lowest BCUT2D eigenvalue weighted by Gasteiger charge is -2.29. The van der Waals surface area contributed by atoms with Crippen LogP contribution in [0.15, 0.2) is 0 Å². The first kappa shape index (κ1) is 18.1. The van der Waals surface area contributed by atoms with Gasteiger partial charge in [-0.05, 0) is 0 Å². The highest BCUT2D eigenvalue weighted by molar-refractivity contribution is 7.21. The van der Waals surface area contributed by atoms with E-state index in [1.54, 1.807) is 0 Å². The third kappa shape index (κ3) is 3.64. The predicted octanol–water partition coefficient (Wildman–Crippen LogP) is 0.383. The number of aliphatic hydroxyl groups is 1. The van der Waals surface area contributed by atoms with Crippen LogP contribution in [0.3, 0.4) is 0 Å². The Bertz CT molecular complexity index is 582. The minimum atomic E-state index is -0.652. The van der Waals surface area contributed by atoms with Crippen molar-refractivity contribution in [2.45, 2.75) is 0 Å². The summed E-state index contributed by atoms with van der Waals surface area (Å²) in [6.07, 6.45) is 0. The normalized spacial score (nSPS) is 18.3. The van der Waals surface area contributed by atoms with Crippen LogP contribution in [-0.2, 0) is 14.2 Å². The van der Waals surface area contributed by atoms with Gasteiger partial charge in [-0.1, -0.05) is 11.3 Å². The van der Waals surface area contributed by atoms with E-state index in [0.717, 1.165) is 0 Å². The molecule has 138 valence electrons. The topological polar surface area (TPSA) is 88.5 Å². The van der Waals surface area contributed by atoms with Gasteiger partial charge in [0.05, 0.1) is 39.1 Å². The van der Waals surface area contributed by atoms with Gasteiger partial charge in [-0.3, -0.25) is 4.79 Å². The van der Waals surface area contributed by atoms with Gasteiger partial charge in [0.25, 0.3) is 0 Å². The van der Waals surface area contributed by atoms with Gasteiger partial charge in [0.15, 0.2) is 5.78 Å². The number of ether oxygens (including phenoxy) is 3. The first-order chi connectivity index (χ1) is 12.2. The molecule has 0 saturated carbocycles. The van der Waals surface area contributed by atoms with E-state index < -0.39 is 18.4 Å². The second kappa shape index (κ2) is 8.13. The molecule has 0 aromatic carbocycles. The summed E-state index contributed by atoms with van der Waals surface area (Å²) in [6, 6.07) is 0. The first-order valence-corrected chi connectivity index (χ1v) is 9.03. The molecule has 0 unspecified atom stereocenters. The van der Waals surface area contributed by atoms with E-state index in [0.29, 0.717) is 62.6 Å². The molecule has 2 fully saturated rings. The molecule has 0 bridgehead atoms. The Morgan fingerprint density at radius 3 is 1.92 bits per heavy atom. The van der Waals surface area contributed by atoms with Gasteiger partial charge >= 0.3 is 5.97 Å². The van der Waals surface area contributed by atoms with Crippen LogP contribution in [0.25, 0.3) is 0 Å². The first-order valence-electron chi connectivity index (χ1n) is 8.22. The molecule has 0 amide bonds. The van der Waals surface area contributed by atoms with Crippen molar-refractivity contribution in [3.63, 3.8) is 0 Å². The molecule has 2 aliphatic rings. The predicted molar refractivity (Wildman–Crippen MR) is 93.1 cm³/mol. The van der Waals surface area contributed by atoms with Crippen molar-refractivity contribution in [3.8, 4) is 0 Å². The number of esters is 1. The maximum atomic E-state index is 12.5. The van der Waals surface area contributed by atoms with Gasteiger partial charge in [-0.15, -0.1) is 0 Å². The summed E-state index contributed by atoms with van der Waals surface area (Å²) < 4.78 is 15.7. The summed E-state index contributed by atoms with van der Waals surface area (Å²) in [5, 5.41) is 10.8. The van der Waals surface area contributed by atoms with Crippen molar-refractivity contribution >= 4 is 33.1 Å². The molecular weight excluding hydrogens is 348 g/mol. The number of anilines is 2. The zero-order valence-corrected chi connectivity index (χ0v) is 15.0. The second-order valence-corrected chi connectivity index (χ2v) is 6.71. The number of methoxy groups -OCH3 is 1. The van der Waals surface area contributed by atoms with Crippen LogP contribution in [0.4, 0.5) is 10.0 Å². The highest BCUT2D eigenvalue weighted by atomic mass is 32.1. The number of hydrogen-bond donors (Lipinski definition) is 1. The van der Waals surface area contributed by atoms with Gasteiger partial charge in [0, 0.05) is 26.2 Å². The quantitative estimate of drug-likeness (QED) is 0.588. The van der Waals surface area contributed by atoms with E-state index in [9.17, 15) is 14.7 Å². The molecule has 0 spiro atoms. The number of hydrogen-bond acceptors (Lipinski definition) is 9.